The van der Waals surface area contributed by atoms with Crippen LogP contribution in [-0.4, -0.2) is 35.4 Å². The molecule has 3 aliphatic rings. The van der Waals surface area contributed by atoms with Crippen LogP contribution in [0.5, 0.6) is 0 Å². The van der Waals surface area contributed by atoms with Crippen molar-refractivity contribution in [2.45, 2.75) is 32.0 Å². The summed E-state index contributed by atoms with van der Waals surface area (Å²) >= 11 is 0. The molecule has 1 aromatic rings. The molecule has 0 unspecified atom stereocenters. The molecule has 0 radical (unpaired) electrons. The minimum Gasteiger partial charge on any atom is -0.304 e. The van der Waals surface area contributed by atoms with Crippen LogP contribution in [-0.2, 0) is 12.7 Å². The Balaban J connectivity index is 1.70. The third-order valence-corrected chi connectivity index (χ3v) is 4.84. The maximum Gasteiger partial charge on any atom is 0.431 e. The fraction of sp³-hybridized carbons (Fsp3) is 0.625. The zero-order valence-electron chi connectivity index (χ0n) is 12.7. The second-order valence-electron chi connectivity index (χ2n) is 6.56. The van der Waals surface area contributed by atoms with Gasteiger partial charge in [0.1, 0.15) is 5.69 Å². The second kappa shape index (κ2) is 6.11. The zero-order chi connectivity index (χ0) is 16.6. The number of halogens is 3. The highest BCUT2D eigenvalue weighted by Crippen LogP contribution is 2.39. The molecule has 3 heterocycles. The summed E-state index contributed by atoms with van der Waals surface area (Å²) in [5, 5.41) is 0. The molecule has 1 aliphatic carbocycles. The molecule has 0 amide bonds. The van der Waals surface area contributed by atoms with Gasteiger partial charge in [-0.3, -0.25) is 9.59 Å². The van der Waals surface area contributed by atoms with Crippen molar-refractivity contribution in [1.29, 1.82) is 0 Å². The molecular weight excluding hydrogens is 309 g/mol. The van der Waals surface area contributed by atoms with Crippen LogP contribution in [0.1, 0.15) is 35.3 Å². The van der Waals surface area contributed by atoms with Gasteiger partial charge in [-0.15, -0.1) is 0 Å². The second-order valence-corrected chi connectivity index (χ2v) is 6.56. The van der Waals surface area contributed by atoms with Gasteiger partial charge in [0.25, 0.3) is 5.56 Å². The van der Waals surface area contributed by atoms with E-state index in [2.05, 4.69) is 4.90 Å². The van der Waals surface area contributed by atoms with Gasteiger partial charge < -0.3 is 9.47 Å². The molecule has 7 heteroatoms. The van der Waals surface area contributed by atoms with Crippen molar-refractivity contribution < 1.29 is 18.0 Å². The van der Waals surface area contributed by atoms with E-state index in [-0.39, 0.29) is 12.1 Å². The van der Waals surface area contributed by atoms with Crippen LogP contribution in [0.4, 0.5) is 13.2 Å². The minimum absolute atomic E-state index is 0.0266. The Hall–Kier alpha value is -1.63. The smallest absolute Gasteiger partial charge is 0.304 e. The highest BCUT2D eigenvalue weighted by Gasteiger charge is 2.37. The van der Waals surface area contributed by atoms with Gasteiger partial charge in [0.15, 0.2) is 6.29 Å². The quantitative estimate of drug-likeness (QED) is 0.780. The van der Waals surface area contributed by atoms with Crippen molar-refractivity contribution in [2.24, 2.45) is 11.8 Å². The number of pyridine rings is 1. The van der Waals surface area contributed by atoms with Crippen molar-refractivity contribution in [1.82, 2.24) is 9.47 Å². The predicted molar refractivity (Wildman–Crippen MR) is 78.4 cm³/mol. The summed E-state index contributed by atoms with van der Waals surface area (Å²) in [6.07, 6.45) is -1.29. The number of hydrogen-bond acceptors (Lipinski definition) is 3. The van der Waals surface area contributed by atoms with Gasteiger partial charge in [0.2, 0.25) is 0 Å². The van der Waals surface area contributed by atoms with Crippen LogP contribution in [0.2, 0.25) is 0 Å². The fourth-order valence-corrected chi connectivity index (χ4v) is 3.77. The van der Waals surface area contributed by atoms with E-state index in [9.17, 15) is 22.8 Å². The highest BCUT2D eigenvalue weighted by atomic mass is 19.4. The number of carbonyl (C=O) groups excluding carboxylic acids is 1. The van der Waals surface area contributed by atoms with E-state index in [0.717, 1.165) is 37.1 Å². The van der Waals surface area contributed by atoms with Crippen LogP contribution in [0.3, 0.4) is 0 Å². The molecule has 2 bridgehead atoms. The van der Waals surface area contributed by atoms with Gasteiger partial charge in [-0.25, -0.2) is 0 Å². The lowest BCUT2D eigenvalue weighted by Crippen LogP contribution is -2.48. The van der Waals surface area contributed by atoms with Gasteiger partial charge in [0, 0.05) is 19.6 Å². The van der Waals surface area contributed by atoms with Crippen molar-refractivity contribution >= 4 is 6.29 Å². The van der Waals surface area contributed by atoms with E-state index in [1.165, 1.54) is 12.8 Å². The van der Waals surface area contributed by atoms with Gasteiger partial charge >= 0.3 is 6.18 Å². The Morgan fingerprint density at radius 1 is 1.13 bits per heavy atom. The average Bonchev–Trinajstić information content (AvgIpc) is 2.47. The van der Waals surface area contributed by atoms with Crippen molar-refractivity contribution in [3.63, 3.8) is 0 Å². The standard InChI is InChI=1S/C16H19F3N2O2/c17-16(18,19)14-3-2-13(10-22)15(23)21(14)5-1-4-20-8-11-6-12(7-11)9-20/h2-3,10-12H,1,4-9H2. The monoisotopic (exact) mass is 328 g/mol. The normalized spacial score (nSPS) is 24.3. The number of hydrogen-bond donors (Lipinski definition) is 0. The molecule has 2 saturated heterocycles. The summed E-state index contributed by atoms with van der Waals surface area (Å²) in [7, 11) is 0. The largest absolute Gasteiger partial charge is 0.431 e. The first-order valence-corrected chi connectivity index (χ1v) is 7.87. The number of fused-ring (bicyclic) bond motifs is 2. The number of piperidine rings is 2. The van der Waals surface area contributed by atoms with Gasteiger partial charge in [0.05, 0.1) is 5.56 Å². The van der Waals surface area contributed by atoms with E-state index in [0.29, 0.717) is 23.8 Å². The van der Waals surface area contributed by atoms with E-state index in [4.69, 9.17) is 0 Å². The van der Waals surface area contributed by atoms with Crippen molar-refractivity contribution in [2.75, 3.05) is 19.6 Å². The Labute approximate surface area is 131 Å². The van der Waals surface area contributed by atoms with E-state index >= 15 is 0 Å². The van der Waals surface area contributed by atoms with Crippen LogP contribution in [0, 0.1) is 11.8 Å². The first-order valence-electron chi connectivity index (χ1n) is 7.87. The SMILES string of the molecule is O=Cc1ccc(C(F)(F)F)n(CCCN2CC3CC(C3)C2)c1=O. The Bertz CT molecular complexity index is 638. The lowest BCUT2D eigenvalue weighted by molar-refractivity contribution is -0.144. The molecule has 0 N–H and O–H groups in total. The molecule has 0 spiro atoms. The van der Waals surface area contributed by atoms with E-state index in [1.807, 2.05) is 0 Å². The third-order valence-electron chi connectivity index (χ3n) is 4.84. The number of nitrogens with zero attached hydrogens (tertiary/aromatic N) is 2. The summed E-state index contributed by atoms with van der Waals surface area (Å²) < 4.78 is 39.8. The number of rotatable bonds is 5. The molecular formula is C16H19F3N2O2. The van der Waals surface area contributed by atoms with E-state index < -0.39 is 17.4 Å². The molecule has 0 aromatic carbocycles. The molecule has 1 saturated carbocycles. The lowest BCUT2D eigenvalue weighted by atomic mass is 9.71. The third kappa shape index (κ3) is 3.34. The number of carbonyl (C=O) groups is 1. The minimum atomic E-state index is -4.60. The Kier molecular flexibility index (Phi) is 4.31. The average molecular weight is 328 g/mol. The molecule has 2 aliphatic heterocycles. The molecule has 3 fully saturated rings. The summed E-state index contributed by atoms with van der Waals surface area (Å²) in [5.74, 6) is 1.47. The lowest BCUT2D eigenvalue weighted by Gasteiger charge is -2.47. The Morgan fingerprint density at radius 2 is 1.78 bits per heavy atom. The summed E-state index contributed by atoms with van der Waals surface area (Å²) in [6, 6.07) is 1.74. The highest BCUT2D eigenvalue weighted by molar-refractivity contribution is 5.73. The summed E-state index contributed by atoms with van der Waals surface area (Å²) in [5.41, 5.74) is -2.09. The fourth-order valence-electron chi connectivity index (χ4n) is 3.77. The number of alkyl halides is 3. The maximum atomic E-state index is 13.0. The zero-order valence-corrected chi connectivity index (χ0v) is 12.7. The summed E-state index contributed by atoms with van der Waals surface area (Å²) in [4.78, 5) is 25.1. The molecule has 0 atom stereocenters. The Morgan fingerprint density at radius 3 is 2.35 bits per heavy atom. The van der Waals surface area contributed by atoms with Crippen LogP contribution < -0.4 is 5.56 Å². The molecule has 23 heavy (non-hydrogen) atoms. The molecule has 4 nitrogen and oxygen atoms in total. The number of aromatic nitrogens is 1. The van der Waals surface area contributed by atoms with Crippen LogP contribution in [0.15, 0.2) is 16.9 Å². The van der Waals surface area contributed by atoms with Crippen LogP contribution in [0.25, 0.3) is 0 Å². The summed E-state index contributed by atoms with van der Waals surface area (Å²) in [6.45, 7) is 2.67. The molecule has 126 valence electrons. The predicted octanol–water partition coefficient (Wildman–Crippen LogP) is 2.41. The maximum absolute atomic E-state index is 13.0. The van der Waals surface area contributed by atoms with Gasteiger partial charge in [-0.2, -0.15) is 13.2 Å². The topological polar surface area (TPSA) is 42.3 Å². The number of aldehydes is 1. The van der Waals surface area contributed by atoms with Gasteiger partial charge in [-0.05, 0) is 49.8 Å². The van der Waals surface area contributed by atoms with E-state index in [1.54, 1.807) is 0 Å². The van der Waals surface area contributed by atoms with Crippen molar-refractivity contribution in [3.05, 3.63) is 33.7 Å². The van der Waals surface area contributed by atoms with Crippen molar-refractivity contribution in [3.8, 4) is 0 Å². The van der Waals surface area contributed by atoms with Crippen LogP contribution >= 0.6 is 0 Å². The first-order chi connectivity index (χ1) is 10.9. The molecule has 1 aromatic heterocycles. The molecule has 4 rings (SSSR count). The van der Waals surface area contributed by atoms with Gasteiger partial charge in [-0.1, -0.05) is 0 Å². The first kappa shape index (κ1) is 16.2.